The number of amides is 3. The molecule has 3 aliphatic rings. The zero-order chi connectivity index (χ0) is 28.0. The van der Waals surface area contributed by atoms with Crippen LogP contribution in [-0.2, 0) is 29.1 Å². The highest BCUT2D eigenvalue weighted by Gasteiger charge is 2.36. The normalized spacial score (nSPS) is 23.2. The molecular weight excluding hydrogens is 566 g/mol. The van der Waals surface area contributed by atoms with Crippen LogP contribution < -0.4 is 4.72 Å². The first-order valence-electron chi connectivity index (χ1n) is 13.2. The van der Waals surface area contributed by atoms with Crippen LogP contribution in [0.5, 0.6) is 0 Å². The first-order valence-corrected chi connectivity index (χ1v) is 15.9. The molecule has 2 unspecified atom stereocenters. The minimum Gasteiger partial charge on any atom is -0.375 e. The van der Waals surface area contributed by atoms with E-state index in [2.05, 4.69) is 9.62 Å². The molecule has 4 rings (SSSR count). The van der Waals surface area contributed by atoms with Gasteiger partial charge in [0.2, 0.25) is 27.7 Å². The smallest absolute Gasteiger partial charge is 0.248 e. The number of piperazine rings is 1. The van der Waals surface area contributed by atoms with E-state index in [1.54, 1.807) is 17.0 Å². The van der Waals surface area contributed by atoms with Gasteiger partial charge in [-0.1, -0.05) is 11.6 Å². The maximum atomic E-state index is 13.3. The summed E-state index contributed by atoms with van der Waals surface area (Å²) in [6.45, 7) is 4.59. The van der Waals surface area contributed by atoms with E-state index in [-0.39, 0.29) is 36.9 Å². The molecule has 1 N–H and O–H groups in total. The van der Waals surface area contributed by atoms with Gasteiger partial charge in [-0.3, -0.25) is 19.3 Å². The zero-order valence-corrected chi connectivity index (χ0v) is 24.5. The number of likely N-dealkylation sites (tertiary alicyclic amines) is 2. The topological polar surface area (TPSA) is 120 Å². The number of nitrogens with zero attached hydrogens (tertiary/aromatic N) is 4. The first-order chi connectivity index (χ1) is 18.6. The van der Waals surface area contributed by atoms with Gasteiger partial charge in [-0.05, 0) is 43.9 Å². The third-order valence-corrected chi connectivity index (χ3v) is 9.63. The molecule has 0 bridgehead atoms. The second-order valence-corrected chi connectivity index (χ2v) is 13.4. The molecule has 11 nitrogen and oxygen atoms in total. The molecule has 14 heteroatoms. The summed E-state index contributed by atoms with van der Waals surface area (Å²) in [5.74, 6) is -0.499. The third-order valence-electron chi connectivity index (χ3n) is 7.33. The molecule has 0 spiro atoms. The lowest BCUT2D eigenvalue weighted by atomic mass is 10.1. The van der Waals surface area contributed by atoms with Crippen LogP contribution in [0.4, 0.5) is 0 Å². The third kappa shape index (κ3) is 8.24. The molecule has 0 radical (unpaired) electrons. The summed E-state index contributed by atoms with van der Waals surface area (Å²) in [4.78, 5) is 46.5. The van der Waals surface area contributed by atoms with E-state index in [9.17, 15) is 22.8 Å². The van der Waals surface area contributed by atoms with Crippen molar-refractivity contribution < 1.29 is 27.5 Å². The number of ether oxygens (including phenoxy) is 1. The van der Waals surface area contributed by atoms with Gasteiger partial charge in [-0.2, -0.15) is 4.72 Å². The number of rotatable bonds is 10. The van der Waals surface area contributed by atoms with Crippen molar-refractivity contribution in [3.05, 3.63) is 26.8 Å². The van der Waals surface area contributed by atoms with Crippen molar-refractivity contribution in [1.29, 1.82) is 0 Å². The number of carbonyl (C=O) groups excluding carboxylic acids is 3. The summed E-state index contributed by atoms with van der Waals surface area (Å²) in [6, 6.07) is 2.56. The number of sulfonamides is 1. The second kappa shape index (κ2) is 13.6. The van der Waals surface area contributed by atoms with Crippen LogP contribution in [0.25, 0.3) is 6.08 Å². The van der Waals surface area contributed by atoms with Crippen molar-refractivity contribution in [2.75, 3.05) is 66.1 Å². The number of hydrogen-bond acceptors (Lipinski definition) is 8. The highest BCUT2D eigenvalue weighted by Crippen LogP contribution is 2.23. The van der Waals surface area contributed by atoms with Gasteiger partial charge in [-0.15, -0.1) is 11.3 Å². The van der Waals surface area contributed by atoms with E-state index in [4.69, 9.17) is 16.3 Å². The first kappa shape index (κ1) is 29.9. The maximum absolute atomic E-state index is 13.3. The standard InChI is InChI=1S/C25H36ClN5O6S2/c1-37-18-24(33)29-13-11-28(12-14-29)16-19-4-2-10-31(19)23(32)17-30-9-3-5-21(25(30)34)27-39(35,36)15-8-20-6-7-22(26)38-20/h6-8,15,19,21,27H,2-5,9-14,16-18H2,1H3/b15-8+. The lowest BCUT2D eigenvalue weighted by molar-refractivity contribution is -0.143. The average molecular weight is 602 g/mol. The molecule has 3 amide bonds. The summed E-state index contributed by atoms with van der Waals surface area (Å²) in [5, 5.41) is 1.04. The van der Waals surface area contributed by atoms with Crippen molar-refractivity contribution in [2.45, 2.75) is 37.8 Å². The molecule has 4 heterocycles. The Morgan fingerprint density at radius 1 is 1.10 bits per heavy atom. The van der Waals surface area contributed by atoms with Crippen molar-refractivity contribution in [3.8, 4) is 0 Å². The highest BCUT2D eigenvalue weighted by molar-refractivity contribution is 7.92. The Bertz CT molecular complexity index is 1170. The molecule has 3 aliphatic heterocycles. The minimum atomic E-state index is -3.86. The maximum Gasteiger partial charge on any atom is 0.248 e. The van der Waals surface area contributed by atoms with Crippen LogP contribution in [-0.4, -0.2) is 124 Å². The van der Waals surface area contributed by atoms with Crippen LogP contribution >= 0.6 is 22.9 Å². The lowest BCUT2D eigenvalue weighted by Crippen LogP contribution is -2.56. The average Bonchev–Trinajstić information content (AvgIpc) is 3.54. The number of nitrogens with one attached hydrogen (secondary N) is 1. The Balaban J connectivity index is 1.28. The van der Waals surface area contributed by atoms with Crippen molar-refractivity contribution >= 4 is 56.8 Å². The molecule has 0 aliphatic carbocycles. The Labute approximate surface area is 238 Å². The van der Waals surface area contributed by atoms with Crippen molar-refractivity contribution in [1.82, 2.24) is 24.3 Å². The molecule has 0 saturated carbocycles. The predicted octanol–water partition coefficient (Wildman–Crippen LogP) is 1.06. The van der Waals surface area contributed by atoms with Gasteiger partial charge in [0, 0.05) is 69.3 Å². The molecular formula is C25H36ClN5O6S2. The molecule has 39 heavy (non-hydrogen) atoms. The van der Waals surface area contributed by atoms with Gasteiger partial charge in [0.15, 0.2) is 0 Å². The van der Waals surface area contributed by atoms with Crippen LogP contribution in [0.2, 0.25) is 4.34 Å². The quantitative estimate of drug-likeness (QED) is 0.426. The fourth-order valence-corrected chi connectivity index (χ4v) is 7.39. The summed E-state index contributed by atoms with van der Waals surface area (Å²) in [7, 11) is -2.34. The minimum absolute atomic E-state index is 0.00921. The molecule has 3 fully saturated rings. The molecule has 0 aromatic carbocycles. The Hall–Kier alpha value is -2.03. The summed E-state index contributed by atoms with van der Waals surface area (Å²) >= 11 is 7.15. The molecule has 3 saturated heterocycles. The van der Waals surface area contributed by atoms with Gasteiger partial charge in [0.05, 0.1) is 10.9 Å². The SMILES string of the molecule is COCC(=O)N1CCN(CC2CCCN2C(=O)CN2CCCC(NS(=O)(=O)/C=C/c3ccc(Cl)s3)C2=O)CC1. The van der Waals surface area contributed by atoms with Crippen molar-refractivity contribution in [3.63, 3.8) is 0 Å². The predicted molar refractivity (Wildman–Crippen MR) is 150 cm³/mol. The van der Waals surface area contributed by atoms with E-state index in [0.29, 0.717) is 48.2 Å². The lowest BCUT2D eigenvalue weighted by Gasteiger charge is -2.38. The van der Waals surface area contributed by atoms with E-state index in [0.717, 1.165) is 37.9 Å². The Kier molecular flexibility index (Phi) is 10.4. The monoisotopic (exact) mass is 601 g/mol. The Morgan fingerprint density at radius 3 is 2.54 bits per heavy atom. The number of thiophene rings is 1. The largest absolute Gasteiger partial charge is 0.375 e. The van der Waals surface area contributed by atoms with Crippen molar-refractivity contribution in [2.24, 2.45) is 0 Å². The van der Waals surface area contributed by atoms with Gasteiger partial charge in [0.25, 0.3) is 0 Å². The van der Waals surface area contributed by atoms with E-state index >= 15 is 0 Å². The van der Waals surface area contributed by atoms with E-state index in [1.165, 1.54) is 29.4 Å². The Morgan fingerprint density at radius 2 is 1.85 bits per heavy atom. The van der Waals surface area contributed by atoms with Crippen LogP contribution in [0.1, 0.15) is 30.6 Å². The fourth-order valence-electron chi connectivity index (χ4n) is 5.32. The fraction of sp³-hybridized carbons (Fsp3) is 0.640. The van der Waals surface area contributed by atoms with Crippen LogP contribution in [0.15, 0.2) is 17.5 Å². The summed E-state index contributed by atoms with van der Waals surface area (Å²) in [6.07, 6.45) is 4.23. The van der Waals surface area contributed by atoms with Crippen LogP contribution in [0.3, 0.4) is 0 Å². The summed E-state index contributed by atoms with van der Waals surface area (Å²) in [5.41, 5.74) is 0. The molecule has 1 aromatic heterocycles. The van der Waals surface area contributed by atoms with Gasteiger partial charge in [-0.25, -0.2) is 8.42 Å². The molecule has 1 aromatic rings. The second-order valence-electron chi connectivity index (χ2n) is 10.1. The number of carbonyl (C=O) groups is 3. The molecule has 216 valence electrons. The zero-order valence-electron chi connectivity index (χ0n) is 22.1. The van der Waals surface area contributed by atoms with E-state index < -0.39 is 16.1 Å². The molecule has 2 atom stereocenters. The van der Waals surface area contributed by atoms with Gasteiger partial charge < -0.3 is 19.4 Å². The van der Waals surface area contributed by atoms with Gasteiger partial charge >= 0.3 is 0 Å². The van der Waals surface area contributed by atoms with Crippen LogP contribution in [0, 0.1) is 0 Å². The highest BCUT2D eigenvalue weighted by atomic mass is 35.5. The number of methoxy groups -OCH3 is 1. The number of halogens is 1. The summed E-state index contributed by atoms with van der Waals surface area (Å²) < 4.78 is 33.1. The van der Waals surface area contributed by atoms with Gasteiger partial charge in [0.1, 0.15) is 12.6 Å². The van der Waals surface area contributed by atoms with E-state index in [1.807, 2.05) is 4.90 Å². The number of hydrogen-bond donors (Lipinski definition) is 1. The number of piperidine rings is 1.